The van der Waals surface area contributed by atoms with Gasteiger partial charge in [0.1, 0.15) is 0 Å². The zero-order valence-electron chi connectivity index (χ0n) is 7.16. The van der Waals surface area contributed by atoms with Gasteiger partial charge in [-0.2, -0.15) is 0 Å². The second-order valence-corrected chi connectivity index (χ2v) is 2.73. The number of rotatable bonds is 3. The van der Waals surface area contributed by atoms with Crippen LogP contribution in [0.15, 0.2) is 28.5 Å². The third-order valence-corrected chi connectivity index (χ3v) is 1.77. The Morgan fingerprint density at radius 2 is 2.50 bits per heavy atom. The van der Waals surface area contributed by atoms with E-state index in [9.17, 15) is 0 Å². The van der Waals surface area contributed by atoms with Crippen molar-refractivity contribution in [1.29, 1.82) is 0 Å². The molecule has 1 aliphatic rings. The van der Waals surface area contributed by atoms with Gasteiger partial charge in [-0.1, -0.05) is 17.3 Å². The molecule has 0 radical (unpaired) electrons. The standard InChI is InChI=1S/C9H13NO2/c1-12-7-9-4-2-3-8(5-9)6-10-11/h3-4,6,11H,2,5,7H2,1H3. The number of hydrogen-bond donors (Lipinski definition) is 1. The molecule has 66 valence electrons. The summed E-state index contributed by atoms with van der Waals surface area (Å²) in [6.07, 6.45) is 7.39. The summed E-state index contributed by atoms with van der Waals surface area (Å²) in [7, 11) is 1.68. The number of allylic oxidation sites excluding steroid dienone is 3. The van der Waals surface area contributed by atoms with Crippen molar-refractivity contribution in [1.82, 2.24) is 0 Å². The van der Waals surface area contributed by atoms with Crippen molar-refractivity contribution in [3.63, 3.8) is 0 Å². The molecule has 12 heavy (non-hydrogen) atoms. The van der Waals surface area contributed by atoms with Gasteiger partial charge in [0, 0.05) is 7.11 Å². The fraction of sp³-hybridized carbons (Fsp3) is 0.444. The zero-order valence-corrected chi connectivity index (χ0v) is 7.16. The van der Waals surface area contributed by atoms with Gasteiger partial charge in [-0.05, 0) is 24.0 Å². The van der Waals surface area contributed by atoms with Gasteiger partial charge in [-0.15, -0.1) is 0 Å². The van der Waals surface area contributed by atoms with E-state index in [0.29, 0.717) is 6.61 Å². The van der Waals surface area contributed by atoms with Crippen LogP contribution in [0.25, 0.3) is 0 Å². The normalized spacial score (nSPS) is 17.8. The molecule has 0 atom stereocenters. The summed E-state index contributed by atoms with van der Waals surface area (Å²) in [4.78, 5) is 0. The van der Waals surface area contributed by atoms with E-state index in [1.165, 1.54) is 11.8 Å². The van der Waals surface area contributed by atoms with Crippen molar-refractivity contribution >= 4 is 6.21 Å². The van der Waals surface area contributed by atoms with Crippen LogP contribution in [0.2, 0.25) is 0 Å². The fourth-order valence-corrected chi connectivity index (χ4v) is 1.25. The van der Waals surface area contributed by atoms with Gasteiger partial charge in [0.15, 0.2) is 0 Å². The molecule has 0 aromatic heterocycles. The van der Waals surface area contributed by atoms with Crippen LogP contribution < -0.4 is 0 Å². The Morgan fingerprint density at radius 1 is 1.67 bits per heavy atom. The number of methoxy groups -OCH3 is 1. The maximum atomic E-state index is 8.31. The Hall–Kier alpha value is -1.09. The van der Waals surface area contributed by atoms with E-state index >= 15 is 0 Å². The van der Waals surface area contributed by atoms with Crippen molar-refractivity contribution in [3.8, 4) is 0 Å². The molecule has 1 aliphatic carbocycles. The van der Waals surface area contributed by atoms with Crippen LogP contribution in [0, 0.1) is 0 Å². The largest absolute Gasteiger partial charge is 0.411 e. The first-order valence-electron chi connectivity index (χ1n) is 3.90. The summed E-state index contributed by atoms with van der Waals surface area (Å²) < 4.78 is 5.01. The molecule has 0 amide bonds. The fourth-order valence-electron chi connectivity index (χ4n) is 1.25. The van der Waals surface area contributed by atoms with Crippen LogP contribution in [0.4, 0.5) is 0 Å². The molecule has 0 bridgehead atoms. The maximum Gasteiger partial charge on any atom is 0.0693 e. The predicted molar refractivity (Wildman–Crippen MR) is 47.6 cm³/mol. The Bertz CT molecular complexity index is 229. The summed E-state index contributed by atoms with van der Waals surface area (Å²) in [5.41, 5.74) is 2.29. The van der Waals surface area contributed by atoms with Gasteiger partial charge in [-0.25, -0.2) is 0 Å². The molecule has 0 aromatic carbocycles. The summed E-state index contributed by atoms with van der Waals surface area (Å²) >= 11 is 0. The molecule has 1 N–H and O–H groups in total. The molecule has 0 saturated heterocycles. The smallest absolute Gasteiger partial charge is 0.0693 e. The molecule has 0 saturated carbocycles. The SMILES string of the molecule is COCC1=CCC=C(C=NO)C1. The highest BCUT2D eigenvalue weighted by molar-refractivity contribution is 5.79. The number of oxime groups is 1. The first-order valence-corrected chi connectivity index (χ1v) is 3.90. The molecular weight excluding hydrogens is 154 g/mol. The average molecular weight is 167 g/mol. The van der Waals surface area contributed by atoms with Crippen LogP contribution in [-0.4, -0.2) is 25.1 Å². The summed E-state index contributed by atoms with van der Waals surface area (Å²) in [6.45, 7) is 0.663. The molecule has 0 unspecified atom stereocenters. The Kier molecular flexibility index (Phi) is 3.54. The topological polar surface area (TPSA) is 41.8 Å². The second-order valence-electron chi connectivity index (χ2n) is 2.73. The predicted octanol–water partition coefficient (Wildman–Crippen LogP) is 1.74. The van der Waals surface area contributed by atoms with Gasteiger partial charge in [0.25, 0.3) is 0 Å². The van der Waals surface area contributed by atoms with Gasteiger partial charge >= 0.3 is 0 Å². The molecule has 0 aliphatic heterocycles. The van der Waals surface area contributed by atoms with E-state index in [2.05, 4.69) is 11.2 Å². The minimum absolute atomic E-state index is 0.663. The molecule has 0 heterocycles. The van der Waals surface area contributed by atoms with Crippen molar-refractivity contribution in [2.75, 3.05) is 13.7 Å². The van der Waals surface area contributed by atoms with Gasteiger partial charge in [0.05, 0.1) is 12.8 Å². The van der Waals surface area contributed by atoms with Crippen molar-refractivity contribution in [2.24, 2.45) is 5.16 Å². The third kappa shape index (κ3) is 2.51. The van der Waals surface area contributed by atoms with Gasteiger partial charge < -0.3 is 9.94 Å². The van der Waals surface area contributed by atoms with Crippen LogP contribution in [0.3, 0.4) is 0 Å². The minimum atomic E-state index is 0.663. The highest BCUT2D eigenvalue weighted by atomic mass is 16.5. The highest BCUT2D eigenvalue weighted by Crippen LogP contribution is 2.16. The van der Waals surface area contributed by atoms with E-state index < -0.39 is 0 Å². The Balaban J connectivity index is 2.48. The lowest BCUT2D eigenvalue weighted by atomic mass is 10.00. The molecule has 0 fully saturated rings. The van der Waals surface area contributed by atoms with E-state index in [0.717, 1.165) is 18.4 Å². The number of nitrogens with zero attached hydrogens (tertiary/aromatic N) is 1. The minimum Gasteiger partial charge on any atom is -0.411 e. The quantitative estimate of drug-likeness (QED) is 0.301. The summed E-state index contributed by atoms with van der Waals surface area (Å²) in [6, 6.07) is 0. The first kappa shape index (κ1) is 9.00. The molecular formula is C9H13NO2. The monoisotopic (exact) mass is 167 g/mol. The second kappa shape index (κ2) is 4.72. The molecule has 3 heteroatoms. The van der Waals surface area contributed by atoms with Crippen LogP contribution >= 0.6 is 0 Å². The Morgan fingerprint density at radius 3 is 3.17 bits per heavy atom. The van der Waals surface area contributed by atoms with Crippen LogP contribution in [0.5, 0.6) is 0 Å². The lowest BCUT2D eigenvalue weighted by Gasteiger charge is -2.10. The van der Waals surface area contributed by atoms with Crippen LogP contribution in [0.1, 0.15) is 12.8 Å². The highest BCUT2D eigenvalue weighted by Gasteiger charge is 2.04. The van der Waals surface area contributed by atoms with E-state index in [1.54, 1.807) is 7.11 Å². The van der Waals surface area contributed by atoms with Crippen molar-refractivity contribution < 1.29 is 9.94 Å². The summed E-state index contributed by atoms with van der Waals surface area (Å²) in [5.74, 6) is 0. The number of ether oxygens (including phenoxy) is 1. The van der Waals surface area contributed by atoms with E-state index in [1.807, 2.05) is 6.08 Å². The van der Waals surface area contributed by atoms with Gasteiger partial charge in [-0.3, -0.25) is 0 Å². The van der Waals surface area contributed by atoms with Crippen LogP contribution in [-0.2, 0) is 4.74 Å². The van der Waals surface area contributed by atoms with Crippen molar-refractivity contribution in [2.45, 2.75) is 12.8 Å². The average Bonchev–Trinajstić information content (AvgIpc) is 2.06. The number of hydrogen-bond acceptors (Lipinski definition) is 3. The lowest BCUT2D eigenvalue weighted by Crippen LogP contribution is -2.01. The first-order chi connectivity index (χ1) is 5.86. The van der Waals surface area contributed by atoms with E-state index in [4.69, 9.17) is 9.94 Å². The third-order valence-electron chi connectivity index (χ3n) is 1.77. The zero-order chi connectivity index (χ0) is 8.81. The summed E-state index contributed by atoms with van der Waals surface area (Å²) in [5, 5.41) is 11.3. The van der Waals surface area contributed by atoms with E-state index in [-0.39, 0.29) is 0 Å². The van der Waals surface area contributed by atoms with Crippen molar-refractivity contribution in [3.05, 3.63) is 23.3 Å². The maximum absolute atomic E-state index is 8.31. The lowest BCUT2D eigenvalue weighted by molar-refractivity contribution is 0.223. The molecule has 3 nitrogen and oxygen atoms in total. The van der Waals surface area contributed by atoms with Gasteiger partial charge in [0.2, 0.25) is 0 Å². The molecule has 1 rings (SSSR count). The molecule has 0 spiro atoms. The molecule has 0 aromatic rings. The Labute approximate surface area is 72.0 Å².